The Balaban J connectivity index is 0. The molecule has 0 fully saturated rings. The fourth-order valence-corrected chi connectivity index (χ4v) is 5.82. The van der Waals surface area contributed by atoms with Gasteiger partial charge in [-0.3, -0.25) is 18.3 Å². The van der Waals surface area contributed by atoms with Gasteiger partial charge in [-0.2, -0.15) is 8.42 Å². The third-order valence-corrected chi connectivity index (χ3v) is 9.42. The van der Waals surface area contributed by atoms with Crippen LogP contribution in [0.5, 0.6) is 0 Å². The summed E-state index contributed by atoms with van der Waals surface area (Å²) in [6, 6.07) is 0. The van der Waals surface area contributed by atoms with Gasteiger partial charge in [0, 0.05) is 25.9 Å². The van der Waals surface area contributed by atoms with Crippen molar-refractivity contribution in [2.24, 2.45) is 5.92 Å². The second-order valence-corrected chi connectivity index (χ2v) is 14.9. The van der Waals surface area contributed by atoms with Gasteiger partial charge in [-0.05, 0) is 64.2 Å². The predicted octanol–water partition coefficient (Wildman–Crippen LogP) is 10.8. The summed E-state index contributed by atoms with van der Waals surface area (Å²) in [6.45, 7) is 5.35. The summed E-state index contributed by atoms with van der Waals surface area (Å²) in [7, 11) is -3.29. The molecular weight excluding hydrogens is 651 g/mol. The quantitative estimate of drug-likeness (QED) is 0.0249. The number of aliphatic hydroxyl groups is 1. The van der Waals surface area contributed by atoms with Crippen molar-refractivity contribution < 1.29 is 31.8 Å². The molecule has 0 unspecified atom stereocenters. The van der Waals surface area contributed by atoms with Crippen LogP contribution in [0.25, 0.3) is 0 Å². The molecule has 0 aromatic rings. The Hall–Kier alpha value is -1.39. The summed E-state index contributed by atoms with van der Waals surface area (Å²) in [6.07, 6.45) is 42.6. The van der Waals surface area contributed by atoms with E-state index in [0.717, 1.165) is 58.5 Å². The molecule has 0 atom stereocenters. The van der Waals surface area contributed by atoms with E-state index in [4.69, 9.17) is 9.66 Å². The van der Waals surface area contributed by atoms with Gasteiger partial charge < -0.3 is 10.4 Å². The molecule has 9 heteroatoms. The lowest BCUT2D eigenvalue weighted by molar-refractivity contribution is -0.132. The van der Waals surface area contributed by atoms with Crippen LogP contribution in [0.1, 0.15) is 194 Å². The minimum Gasteiger partial charge on any atom is -0.395 e. The van der Waals surface area contributed by atoms with E-state index in [1.807, 2.05) is 0 Å². The van der Waals surface area contributed by atoms with Gasteiger partial charge in [-0.25, -0.2) is 0 Å². The Labute approximate surface area is 309 Å². The van der Waals surface area contributed by atoms with E-state index >= 15 is 0 Å². The number of Topliss-reactive ketones (excluding diaryl/α,β-unsaturated/α-hetero) is 2. The molecule has 0 aliphatic rings. The van der Waals surface area contributed by atoms with E-state index in [1.54, 1.807) is 0 Å². The van der Waals surface area contributed by atoms with Crippen LogP contribution >= 0.6 is 0 Å². The number of aliphatic hydroxyl groups excluding tert-OH is 1. The molecule has 296 valence electrons. The lowest BCUT2D eigenvalue weighted by Crippen LogP contribution is -2.35. The molecule has 0 bridgehead atoms. The smallest absolute Gasteiger partial charge is 0.395 e. The first-order valence-corrected chi connectivity index (χ1v) is 21.8. The Morgan fingerprint density at radius 2 is 0.880 bits per heavy atom. The minimum atomic E-state index is -4.16. The highest BCUT2D eigenvalue weighted by Crippen LogP contribution is 2.16. The highest BCUT2D eigenvalue weighted by Gasteiger charge is 2.24. The van der Waals surface area contributed by atoms with Crippen molar-refractivity contribution in [2.45, 2.75) is 194 Å². The number of ketones is 2. The van der Waals surface area contributed by atoms with Crippen LogP contribution < -0.4 is 5.32 Å². The number of hydrogen-bond donors (Lipinski definition) is 3. The Morgan fingerprint density at radius 3 is 1.18 bits per heavy atom. The van der Waals surface area contributed by atoms with Crippen molar-refractivity contribution in [3.05, 3.63) is 24.3 Å². The minimum absolute atomic E-state index is 0.0254. The third kappa shape index (κ3) is 41.0. The average molecular weight is 730 g/mol. The van der Waals surface area contributed by atoms with Crippen LogP contribution in [0.15, 0.2) is 24.3 Å². The van der Waals surface area contributed by atoms with E-state index in [0.29, 0.717) is 25.9 Å². The first-order valence-electron chi connectivity index (χ1n) is 20.4. The molecular formula is C41H79NO7S. The summed E-state index contributed by atoms with van der Waals surface area (Å²) < 4.78 is 29.7. The van der Waals surface area contributed by atoms with Crippen molar-refractivity contribution in [3.63, 3.8) is 0 Å². The standard InChI is InChI=1S/C40H75NO3.CH4O4S/c1-3-5-7-9-11-13-15-17-19-21-23-25-27-29-31-33-39(43)38(37-41-35-36-42)40(44)34-32-30-28-26-24-22-20-18-16-14-12-10-8-6-4-2;1-5-6(2,3)4/h17-20,38,41-42H,3-16,21-37H2,1-2H3;1H3,(H,2,3,4)/b19-17-,20-18-;. The summed E-state index contributed by atoms with van der Waals surface area (Å²) >= 11 is 0. The lowest BCUT2D eigenvalue weighted by Gasteiger charge is -2.15. The summed E-state index contributed by atoms with van der Waals surface area (Å²) in [4.78, 5) is 25.9. The first kappa shape index (κ1) is 50.7. The predicted molar refractivity (Wildman–Crippen MR) is 211 cm³/mol. The largest absolute Gasteiger partial charge is 0.397 e. The van der Waals surface area contributed by atoms with Gasteiger partial charge in [-0.1, -0.05) is 141 Å². The molecule has 0 rings (SSSR count). The molecule has 0 saturated carbocycles. The van der Waals surface area contributed by atoms with Gasteiger partial charge >= 0.3 is 10.4 Å². The van der Waals surface area contributed by atoms with Gasteiger partial charge in [0.1, 0.15) is 11.6 Å². The zero-order valence-electron chi connectivity index (χ0n) is 32.7. The van der Waals surface area contributed by atoms with Crippen LogP contribution in [0.3, 0.4) is 0 Å². The van der Waals surface area contributed by atoms with Gasteiger partial charge in [0.15, 0.2) is 0 Å². The fourth-order valence-electron chi connectivity index (χ4n) is 5.82. The van der Waals surface area contributed by atoms with Gasteiger partial charge in [-0.15, -0.1) is 0 Å². The van der Waals surface area contributed by atoms with E-state index in [-0.39, 0.29) is 18.2 Å². The lowest BCUT2D eigenvalue weighted by atomic mass is 9.91. The molecule has 3 N–H and O–H groups in total. The average Bonchev–Trinajstić information content (AvgIpc) is 3.09. The summed E-state index contributed by atoms with van der Waals surface area (Å²) in [5, 5.41) is 12.2. The molecule has 0 aromatic heterocycles. The van der Waals surface area contributed by atoms with E-state index in [9.17, 15) is 18.0 Å². The first-order chi connectivity index (χ1) is 24.2. The molecule has 0 radical (unpaired) electrons. The zero-order valence-corrected chi connectivity index (χ0v) is 33.5. The molecule has 0 aliphatic heterocycles. The van der Waals surface area contributed by atoms with E-state index in [1.165, 1.54) is 116 Å². The second kappa shape index (κ2) is 40.4. The van der Waals surface area contributed by atoms with Crippen LogP contribution in [0.2, 0.25) is 0 Å². The molecule has 8 nitrogen and oxygen atoms in total. The molecule has 50 heavy (non-hydrogen) atoms. The summed E-state index contributed by atoms with van der Waals surface area (Å²) in [5.74, 6) is -0.369. The number of rotatable bonds is 37. The van der Waals surface area contributed by atoms with Crippen molar-refractivity contribution >= 4 is 22.0 Å². The van der Waals surface area contributed by atoms with Crippen molar-refractivity contribution in [1.82, 2.24) is 5.32 Å². The van der Waals surface area contributed by atoms with Crippen LogP contribution in [0.4, 0.5) is 0 Å². The van der Waals surface area contributed by atoms with Crippen molar-refractivity contribution in [1.29, 1.82) is 0 Å². The maximum absolute atomic E-state index is 12.9. The normalized spacial score (nSPS) is 11.9. The molecule has 0 amide bonds. The van der Waals surface area contributed by atoms with E-state index < -0.39 is 16.3 Å². The Kier molecular flexibility index (Phi) is 41.0. The number of carbonyl (C=O) groups is 2. The molecule has 0 heterocycles. The number of nitrogens with one attached hydrogen (secondary N) is 1. The molecule has 0 aliphatic carbocycles. The van der Waals surface area contributed by atoms with Crippen LogP contribution in [0, 0.1) is 5.92 Å². The number of unbranched alkanes of at least 4 members (excludes halogenated alkanes) is 22. The second-order valence-electron chi connectivity index (χ2n) is 13.7. The van der Waals surface area contributed by atoms with Crippen molar-refractivity contribution in [2.75, 3.05) is 26.8 Å². The fraction of sp³-hybridized carbons (Fsp3) is 0.854. The van der Waals surface area contributed by atoms with Gasteiger partial charge in [0.05, 0.1) is 19.6 Å². The Bertz CT molecular complexity index is 853. The third-order valence-electron chi connectivity index (χ3n) is 8.99. The van der Waals surface area contributed by atoms with Gasteiger partial charge in [0.2, 0.25) is 0 Å². The monoisotopic (exact) mass is 730 g/mol. The van der Waals surface area contributed by atoms with Crippen LogP contribution in [-0.2, 0) is 24.2 Å². The molecule has 0 spiro atoms. The number of carbonyl (C=O) groups excluding carboxylic acids is 2. The summed E-state index contributed by atoms with van der Waals surface area (Å²) in [5.41, 5.74) is 0. The Morgan fingerprint density at radius 1 is 0.580 bits per heavy atom. The number of allylic oxidation sites excluding steroid dienone is 4. The zero-order chi connectivity index (χ0) is 37.4. The van der Waals surface area contributed by atoms with Gasteiger partial charge in [0.25, 0.3) is 0 Å². The highest BCUT2D eigenvalue weighted by molar-refractivity contribution is 7.80. The molecule has 0 aromatic carbocycles. The highest BCUT2D eigenvalue weighted by atomic mass is 32.3. The number of hydrogen-bond acceptors (Lipinski definition) is 7. The van der Waals surface area contributed by atoms with Crippen LogP contribution in [-0.4, -0.2) is 56.4 Å². The van der Waals surface area contributed by atoms with E-state index in [2.05, 4.69) is 47.7 Å². The topological polar surface area (TPSA) is 130 Å². The maximum Gasteiger partial charge on any atom is 0.397 e. The maximum atomic E-state index is 12.9. The SMILES string of the molecule is CCCCCCCC/C=C\CCCCCCCC(=O)C(CNCCO)C(=O)CCCCCCC/C=C\CCCCCCCC.COS(=O)(=O)O. The van der Waals surface area contributed by atoms with Crippen molar-refractivity contribution in [3.8, 4) is 0 Å². The molecule has 0 saturated heterocycles.